The lowest BCUT2D eigenvalue weighted by atomic mass is 9.84. The normalized spacial score (nSPS) is 16.8. The number of rotatable bonds is 8. The topological polar surface area (TPSA) is 83.0 Å². The van der Waals surface area contributed by atoms with E-state index in [-0.39, 0.29) is 11.2 Å². The second-order valence-electron chi connectivity index (χ2n) is 7.61. The molecule has 1 saturated heterocycles. The summed E-state index contributed by atoms with van der Waals surface area (Å²) in [6, 6.07) is 8.68. The third kappa shape index (κ3) is 6.46. The Hall–Kier alpha value is -1.64. The molecule has 8 heteroatoms. The average molecular weight is 411 g/mol. The highest BCUT2D eigenvalue weighted by atomic mass is 32.2. The minimum Gasteiger partial charge on any atom is -0.379 e. The van der Waals surface area contributed by atoms with Gasteiger partial charge in [0.25, 0.3) is 0 Å². The van der Waals surface area contributed by atoms with Crippen molar-refractivity contribution >= 4 is 16.0 Å². The van der Waals surface area contributed by atoms with Crippen molar-refractivity contribution in [2.45, 2.75) is 32.6 Å². The van der Waals surface area contributed by atoms with Crippen molar-refractivity contribution in [1.29, 1.82) is 0 Å². The third-order valence-corrected chi connectivity index (χ3v) is 6.95. The Kier molecular flexibility index (Phi) is 8.27. The first-order valence-corrected chi connectivity index (χ1v) is 11.5. The summed E-state index contributed by atoms with van der Waals surface area (Å²) >= 11 is 0. The fourth-order valence-corrected chi connectivity index (χ4v) is 4.39. The van der Waals surface area contributed by atoms with Gasteiger partial charge in [0.1, 0.15) is 0 Å². The van der Waals surface area contributed by atoms with E-state index in [0.717, 1.165) is 6.42 Å². The highest BCUT2D eigenvalue weighted by Gasteiger charge is 2.24. The van der Waals surface area contributed by atoms with Crippen LogP contribution in [-0.4, -0.2) is 70.9 Å². The summed E-state index contributed by atoms with van der Waals surface area (Å²) in [6.07, 6.45) is 1.03. The van der Waals surface area contributed by atoms with Crippen molar-refractivity contribution in [3.05, 3.63) is 35.4 Å². The molecule has 0 spiro atoms. The molecule has 1 aliphatic rings. The van der Waals surface area contributed by atoms with Crippen molar-refractivity contribution in [2.24, 2.45) is 4.99 Å². The number of hydrogen-bond acceptors (Lipinski definition) is 4. The highest BCUT2D eigenvalue weighted by molar-refractivity contribution is 7.89. The van der Waals surface area contributed by atoms with E-state index < -0.39 is 10.0 Å². The summed E-state index contributed by atoms with van der Waals surface area (Å²) in [6.45, 7) is 9.29. The van der Waals surface area contributed by atoms with Crippen LogP contribution < -0.4 is 10.6 Å². The molecule has 0 atom stereocenters. The second kappa shape index (κ2) is 10.2. The first-order chi connectivity index (χ1) is 13.3. The summed E-state index contributed by atoms with van der Waals surface area (Å²) in [4.78, 5) is 4.21. The van der Waals surface area contributed by atoms with Crippen molar-refractivity contribution in [3.8, 4) is 0 Å². The molecule has 2 rings (SSSR count). The van der Waals surface area contributed by atoms with E-state index in [2.05, 4.69) is 60.7 Å². The fraction of sp³-hybridized carbons (Fsp3) is 0.650. The van der Waals surface area contributed by atoms with Crippen molar-refractivity contribution in [3.63, 3.8) is 0 Å². The molecule has 0 radical (unpaired) electrons. The van der Waals surface area contributed by atoms with Gasteiger partial charge in [-0.15, -0.1) is 0 Å². The van der Waals surface area contributed by atoms with Gasteiger partial charge in [-0.05, 0) is 17.5 Å². The van der Waals surface area contributed by atoms with E-state index >= 15 is 0 Å². The minimum atomic E-state index is -3.27. The smallest absolute Gasteiger partial charge is 0.215 e. The van der Waals surface area contributed by atoms with Crippen molar-refractivity contribution < 1.29 is 13.2 Å². The van der Waals surface area contributed by atoms with Gasteiger partial charge in [-0.1, -0.05) is 45.0 Å². The molecule has 28 heavy (non-hydrogen) atoms. The average Bonchev–Trinajstić information content (AvgIpc) is 2.71. The molecular formula is C20H34N4O3S. The van der Waals surface area contributed by atoms with Gasteiger partial charge in [0.05, 0.1) is 19.0 Å². The zero-order valence-electron chi connectivity index (χ0n) is 17.5. The molecule has 0 unspecified atom stereocenters. The van der Waals surface area contributed by atoms with Gasteiger partial charge >= 0.3 is 0 Å². The largest absolute Gasteiger partial charge is 0.379 e. The monoisotopic (exact) mass is 410 g/mol. The molecule has 0 saturated carbocycles. The zero-order chi connectivity index (χ0) is 20.6. The predicted molar refractivity (Wildman–Crippen MR) is 114 cm³/mol. The Morgan fingerprint density at radius 2 is 1.82 bits per heavy atom. The van der Waals surface area contributed by atoms with E-state index in [9.17, 15) is 8.42 Å². The number of nitrogens with zero attached hydrogens (tertiary/aromatic N) is 2. The molecule has 1 heterocycles. The van der Waals surface area contributed by atoms with Crippen LogP contribution in [-0.2, 0) is 26.6 Å². The van der Waals surface area contributed by atoms with Crippen LogP contribution in [0.25, 0.3) is 0 Å². The summed E-state index contributed by atoms with van der Waals surface area (Å²) in [5.41, 5.74) is 2.50. The van der Waals surface area contributed by atoms with E-state index in [0.29, 0.717) is 45.4 Å². The second-order valence-corrected chi connectivity index (χ2v) is 9.70. The van der Waals surface area contributed by atoms with E-state index in [1.54, 1.807) is 7.05 Å². The van der Waals surface area contributed by atoms with Gasteiger partial charge < -0.3 is 15.4 Å². The number of hydrogen-bond donors (Lipinski definition) is 2. The first-order valence-electron chi connectivity index (χ1n) is 9.88. The van der Waals surface area contributed by atoms with E-state index in [1.165, 1.54) is 15.4 Å². The van der Waals surface area contributed by atoms with Gasteiger partial charge in [-0.3, -0.25) is 4.99 Å². The van der Waals surface area contributed by atoms with E-state index in [4.69, 9.17) is 4.74 Å². The Labute approximate surface area is 169 Å². The maximum absolute atomic E-state index is 12.4. The first kappa shape index (κ1) is 22.6. The third-order valence-electron chi connectivity index (χ3n) is 5.08. The Bertz CT molecular complexity index is 739. The summed E-state index contributed by atoms with van der Waals surface area (Å²) < 4.78 is 31.5. The Morgan fingerprint density at radius 3 is 2.39 bits per heavy atom. The standard InChI is InChI=1S/C20H34N4O3S/c1-5-17-6-8-18(9-7-17)20(2,3)16-23-19(21-4)22-10-15-28(25,26)24-11-13-27-14-12-24/h6-9H,5,10-16H2,1-4H3,(H2,21,22,23). The van der Waals surface area contributed by atoms with Gasteiger partial charge in [-0.2, -0.15) is 4.31 Å². The molecule has 1 aliphatic heterocycles. The van der Waals surface area contributed by atoms with Crippen LogP contribution in [0.2, 0.25) is 0 Å². The molecule has 0 aromatic heterocycles. The van der Waals surface area contributed by atoms with Crippen LogP contribution in [0.15, 0.2) is 29.3 Å². The van der Waals surface area contributed by atoms with Gasteiger partial charge in [0.2, 0.25) is 10.0 Å². The number of ether oxygens (including phenoxy) is 1. The lowest BCUT2D eigenvalue weighted by molar-refractivity contribution is 0.0730. The fourth-order valence-electron chi connectivity index (χ4n) is 3.07. The Balaban J connectivity index is 1.83. The van der Waals surface area contributed by atoms with Gasteiger partial charge in [0.15, 0.2) is 5.96 Å². The summed E-state index contributed by atoms with van der Waals surface area (Å²) in [7, 11) is -1.58. The quantitative estimate of drug-likeness (QED) is 0.499. The van der Waals surface area contributed by atoms with Crippen molar-refractivity contribution in [2.75, 3.05) is 52.2 Å². The molecule has 1 aromatic rings. The molecule has 0 aliphatic carbocycles. The lowest BCUT2D eigenvalue weighted by Gasteiger charge is -2.27. The highest BCUT2D eigenvalue weighted by Crippen LogP contribution is 2.22. The summed E-state index contributed by atoms with van der Waals surface area (Å²) in [5.74, 6) is 0.644. The maximum Gasteiger partial charge on any atom is 0.215 e. The lowest BCUT2D eigenvalue weighted by Crippen LogP contribution is -2.47. The van der Waals surface area contributed by atoms with Crippen LogP contribution in [0.5, 0.6) is 0 Å². The van der Waals surface area contributed by atoms with E-state index in [1.807, 2.05) is 0 Å². The van der Waals surface area contributed by atoms with Crippen molar-refractivity contribution in [1.82, 2.24) is 14.9 Å². The molecule has 158 valence electrons. The number of morpholine rings is 1. The van der Waals surface area contributed by atoms with Crippen LogP contribution in [0, 0.1) is 0 Å². The van der Waals surface area contributed by atoms with Crippen LogP contribution in [0.4, 0.5) is 0 Å². The molecule has 0 amide bonds. The number of sulfonamides is 1. The molecule has 2 N–H and O–H groups in total. The molecule has 1 fully saturated rings. The van der Waals surface area contributed by atoms with Crippen LogP contribution in [0.3, 0.4) is 0 Å². The molecule has 7 nitrogen and oxygen atoms in total. The minimum absolute atomic E-state index is 0.0373. The molecule has 0 bridgehead atoms. The maximum atomic E-state index is 12.4. The van der Waals surface area contributed by atoms with Gasteiger partial charge in [0, 0.05) is 38.6 Å². The molecule has 1 aromatic carbocycles. The van der Waals surface area contributed by atoms with Crippen LogP contribution in [0.1, 0.15) is 31.9 Å². The Morgan fingerprint density at radius 1 is 1.18 bits per heavy atom. The van der Waals surface area contributed by atoms with Gasteiger partial charge in [-0.25, -0.2) is 8.42 Å². The molecular weight excluding hydrogens is 376 g/mol. The predicted octanol–water partition coefficient (Wildman–Crippen LogP) is 1.35. The summed E-state index contributed by atoms with van der Waals surface area (Å²) in [5, 5.41) is 6.42. The SMILES string of the molecule is CCc1ccc(C(C)(C)CNC(=NC)NCCS(=O)(=O)N2CCOCC2)cc1. The number of nitrogens with one attached hydrogen (secondary N) is 2. The number of guanidine groups is 1. The number of aliphatic imine (C=N–C) groups is 1. The number of benzene rings is 1. The van der Waals surface area contributed by atoms with Crippen LogP contribution >= 0.6 is 0 Å². The number of aryl methyl sites for hydroxylation is 1. The zero-order valence-corrected chi connectivity index (χ0v) is 18.3.